The maximum atomic E-state index is 12.9. The van der Waals surface area contributed by atoms with Crippen LogP contribution in [0.3, 0.4) is 0 Å². The monoisotopic (exact) mass is 383 g/mol. The molecule has 2 heterocycles. The number of amides is 3. The molecule has 0 spiro atoms. The summed E-state index contributed by atoms with van der Waals surface area (Å²) in [7, 11) is 0. The van der Waals surface area contributed by atoms with E-state index in [1.807, 2.05) is 0 Å². The molecule has 0 radical (unpaired) electrons. The Morgan fingerprint density at radius 1 is 1.19 bits per heavy atom. The second-order valence-electron chi connectivity index (χ2n) is 6.76. The van der Waals surface area contributed by atoms with Crippen molar-refractivity contribution in [2.75, 3.05) is 31.1 Å². The molecule has 0 bridgehead atoms. The van der Waals surface area contributed by atoms with Gasteiger partial charge in [-0.25, -0.2) is 0 Å². The zero-order chi connectivity index (χ0) is 19.6. The van der Waals surface area contributed by atoms with Crippen LogP contribution in [-0.2, 0) is 20.6 Å². The summed E-state index contributed by atoms with van der Waals surface area (Å²) in [4.78, 5) is 39.3. The van der Waals surface area contributed by atoms with Gasteiger partial charge in [0, 0.05) is 31.7 Å². The van der Waals surface area contributed by atoms with Gasteiger partial charge in [-0.1, -0.05) is 6.07 Å². The highest BCUT2D eigenvalue weighted by atomic mass is 19.4. The van der Waals surface area contributed by atoms with E-state index in [-0.39, 0.29) is 31.1 Å². The Balaban J connectivity index is 1.60. The number of nitrogens with zero attached hydrogens (tertiary/aromatic N) is 2. The fraction of sp³-hybridized carbons (Fsp3) is 0.500. The van der Waals surface area contributed by atoms with Gasteiger partial charge in [0.15, 0.2) is 0 Å². The molecule has 6 nitrogen and oxygen atoms in total. The number of rotatable bonds is 4. The van der Waals surface area contributed by atoms with E-state index in [4.69, 9.17) is 0 Å². The van der Waals surface area contributed by atoms with Crippen molar-refractivity contribution in [3.05, 3.63) is 29.8 Å². The van der Waals surface area contributed by atoms with Crippen LogP contribution in [0.2, 0.25) is 0 Å². The van der Waals surface area contributed by atoms with Crippen molar-refractivity contribution in [2.45, 2.75) is 25.4 Å². The van der Waals surface area contributed by atoms with Gasteiger partial charge in [0.2, 0.25) is 17.7 Å². The number of carbonyl (C=O) groups excluding carboxylic acids is 3. The van der Waals surface area contributed by atoms with Crippen LogP contribution < -0.4 is 10.2 Å². The predicted molar refractivity (Wildman–Crippen MR) is 90.7 cm³/mol. The van der Waals surface area contributed by atoms with Crippen LogP contribution in [0, 0.1) is 5.92 Å². The molecule has 1 aromatic rings. The number of alkyl halides is 3. The number of benzene rings is 1. The van der Waals surface area contributed by atoms with Gasteiger partial charge >= 0.3 is 6.18 Å². The van der Waals surface area contributed by atoms with E-state index in [0.29, 0.717) is 13.1 Å². The molecule has 9 heteroatoms. The average Bonchev–Trinajstić information content (AvgIpc) is 3.28. The van der Waals surface area contributed by atoms with Crippen molar-refractivity contribution in [3.63, 3.8) is 0 Å². The van der Waals surface area contributed by atoms with Gasteiger partial charge in [0.05, 0.1) is 18.0 Å². The third-order valence-corrected chi connectivity index (χ3v) is 4.85. The smallest absolute Gasteiger partial charge is 0.347 e. The molecule has 1 aromatic carbocycles. The molecular weight excluding hydrogens is 363 g/mol. The van der Waals surface area contributed by atoms with Crippen LogP contribution in [0.25, 0.3) is 0 Å². The summed E-state index contributed by atoms with van der Waals surface area (Å²) >= 11 is 0. The molecule has 0 aromatic heterocycles. The molecule has 3 amide bonds. The summed E-state index contributed by atoms with van der Waals surface area (Å²) in [5.41, 5.74) is -0.741. The lowest BCUT2D eigenvalue weighted by molar-refractivity contribution is -0.137. The van der Waals surface area contributed by atoms with E-state index in [2.05, 4.69) is 5.32 Å². The fourth-order valence-electron chi connectivity index (χ4n) is 3.37. The van der Waals surface area contributed by atoms with Crippen LogP contribution in [0.1, 0.15) is 24.8 Å². The normalized spacial score (nSPS) is 20.3. The fourth-order valence-corrected chi connectivity index (χ4v) is 3.37. The first-order chi connectivity index (χ1) is 12.8. The van der Waals surface area contributed by atoms with E-state index in [1.165, 1.54) is 17.0 Å². The standard InChI is InChI=1S/C18H20F3N3O3/c19-18(20,21)13-4-3-5-14(9-13)24-11-12(8-15(24)25)17(27)22-10-16(26)23-6-1-2-7-23/h3-5,9,12H,1-2,6-8,10-11H2,(H,22,27). The Morgan fingerprint density at radius 2 is 1.89 bits per heavy atom. The molecule has 0 saturated carbocycles. The molecule has 1 atom stereocenters. The molecule has 1 N–H and O–H groups in total. The summed E-state index contributed by atoms with van der Waals surface area (Å²) in [5.74, 6) is -1.72. The lowest BCUT2D eigenvalue weighted by atomic mass is 10.1. The molecule has 2 fully saturated rings. The van der Waals surface area contributed by atoms with Gasteiger partial charge in [-0.2, -0.15) is 13.2 Å². The number of hydrogen-bond donors (Lipinski definition) is 1. The molecule has 2 aliphatic rings. The highest BCUT2D eigenvalue weighted by Gasteiger charge is 2.37. The molecule has 146 valence electrons. The van der Waals surface area contributed by atoms with Gasteiger partial charge in [-0.05, 0) is 31.0 Å². The number of halogens is 3. The predicted octanol–water partition coefficient (Wildman–Crippen LogP) is 1.80. The number of anilines is 1. The minimum Gasteiger partial charge on any atom is -0.347 e. The number of carbonyl (C=O) groups is 3. The number of nitrogens with one attached hydrogen (secondary N) is 1. The Bertz CT molecular complexity index is 745. The lowest BCUT2D eigenvalue weighted by Crippen LogP contribution is -2.41. The Morgan fingerprint density at radius 3 is 2.56 bits per heavy atom. The van der Waals surface area contributed by atoms with Crippen molar-refractivity contribution in [3.8, 4) is 0 Å². The quantitative estimate of drug-likeness (QED) is 0.862. The van der Waals surface area contributed by atoms with E-state index < -0.39 is 29.5 Å². The summed E-state index contributed by atoms with van der Waals surface area (Å²) < 4.78 is 38.6. The molecule has 1 unspecified atom stereocenters. The van der Waals surface area contributed by atoms with Gasteiger partial charge in [-0.15, -0.1) is 0 Å². The topological polar surface area (TPSA) is 69.7 Å². The van der Waals surface area contributed by atoms with E-state index in [1.54, 1.807) is 4.90 Å². The first-order valence-electron chi connectivity index (χ1n) is 8.79. The van der Waals surface area contributed by atoms with Gasteiger partial charge < -0.3 is 15.1 Å². The Labute approximate surface area is 154 Å². The minimum atomic E-state index is -4.51. The summed E-state index contributed by atoms with van der Waals surface area (Å²) in [6.07, 6.45) is -2.71. The maximum Gasteiger partial charge on any atom is 0.416 e. The summed E-state index contributed by atoms with van der Waals surface area (Å²) in [5, 5.41) is 2.54. The number of hydrogen-bond acceptors (Lipinski definition) is 3. The second-order valence-corrected chi connectivity index (χ2v) is 6.76. The van der Waals surface area contributed by atoms with Crippen LogP contribution in [-0.4, -0.2) is 48.8 Å². The number of likely N-dealkylation sites (tertiary alicyclic amines) is 1. The molecule has 27 heavy (non-hydrogen) atoms. The summed E-state index contributed by atoms with van der Waals surface area (Å²) in [6.45, 7) is 1.22. The van der Waals surface area contributed by atoms with Crippen molar-refractivity contribution >= 4 is 23.4 Å². The highest BCUT2D eigenvalue weighted by molar-refractivity contribution is 6.00. The van der Waals surface area contributed by atoms with Crippen molar-refractivity contribution in [1.29, 1.82) is 0 Å². The van der Waals surface area contributed by atoms with Gasteiger partial charge in [-0.3, -0.25) is 14.4 Å². The maximum absolute atomic E-state index is 12.9. The first kappa shape index (κ1) is 19.2. The molecule has 3 rings (SSSR count). The lowest BCUT2D eigenvalue weighted by Gasteiger charge is -2.19. The van der Waals surface area contributed by atoms with E-state index in [9.17, 15) is 27.6 Å². The first-order valence-corrected chi connectivity index (χ1v) is 8.79. The van der Waals surface area contributed by atoms with Gasteiger partial charge in [0.1, 0.15) is 0 Å². The zero-order valence-corrected chi connectivity index (χ0v) is 14.6. The van der Waals surface area contributed by atoms with Crippen LogP contribution in [0.15, 0.2) is 24.3 Å². The van der Waals surface area contributed by atoms with Crippen molar-refractivity contribution in [2.24, 2.45) is 5.92 Å². The van der Waals surface area contributed by atoms with E-state index >= 15 is 0 Å². The van der Waals surface area contributed by atoms with Crippen LogP contribution in [0.4, 0.5) is 18.9 Å². The average molecular weight is 383 g/mol. The molecule has 0 aliphatic carbocycles. The molecular formula is C18H20F3N3O3. The van der Waals surface area contributed by atoms with Crippen molar-refractivity contribution < 1.29 is 27.6 Å². The third-order valence-electron chi connectivity index (χ3n) is 4.85. The summed E-state index contributed by atoms with van der Waals surface area (Å²) in [6, 6.07) is 4.46. The zero-order valence-electron chi connectivity index (χ0n) is 14.6. The minimum absolute atomic E-state index is 0.0100. The Kier molecular flexibility index (Phi) is 5.38. The largest absolute Gasteiger partial charge is 0.416 e. The van der Waals surface area contributed by atoms with Gasteiger partial charge in [0.25, 0.3) is 0 Å². The Hall–Kier alpha value is -2.58. The molecule has 2 saturated heterocycles. The SMILES string of the molecule is O=C(NCC(=O)N1CCCC1)C1CC(=O)N(c2cccc(C(F)(F)F)c2)C1. The van der Waals surface area contributed by atoms with E-state index in [0.717, 1.165) is 25.0 Å². The third kappa shape index (κ3) is 4.40. The van der Waals surface area contributed by atoms with Crippen LogP contribution >= 0.6 is 0 Å². The van der Waals surface area contributed by atoms with Crippen LogP contribution in [0.5, 0.6) is 0 Å². The highest BCUT2D eigenvalue weighted by Crippen LogP contribution is 2.33. The molecule has 2 aliphatic heterocycles. The second kappa shape index (κ2) is 7.58. The van der Waals surface area contributed by atoms with Crippen molar-refractivity contribution in [1.82, 2.24) is 10.2 Å².